The molecule has 2 unspecified atom stereocenters. The highest BCUT2D eigenvalue weighted by atomic mass is 19.1. The fraction of sp³-hybridized carbons (Fsp3) is 0.500. The van der Waals surface area contributed by atoms with Gasteiger partial charge in [-0.3, -0.25) is 9.59 Å². The van der Waals surface area contributed by atoms with E-state index < -0.39 is 29.7 Å². The third kappa shape index (κ3) is 5.35. The predicted molar refractivity (Wildman–Crippen MR) is 80.2 cm³/mol. The van der Waals surface area contributed by atoms with Crippen LogP contribution >= 0.6 is 0 Å². The first-order chi connectivity index (χ1) is 10.5. The molecule has 0 heterocycles. The van der Waals surface area contributed by atoms with Crippen molar-refractivity contribution in [1.29, 1.82) is 0 Å². The van der Waals surface area contributed by atoms with Crippen LogP contribution in [0.25, 0.3) is 0 Å². The number of benzene rings is 1. The molecule has 0 saturated heterocycles. The number of amides is 1. The average molecular weight is 311 g/mol. The van der Waals surface area contributed by atoms with E-state index in [0.717, 1.165) is 6.42 Å². The maximum atomic E-state index is 13.5. The van der Waals surface area contributed by atoms with Crippen molar-refractivity contribution in [3.63, 3.8) is 0 Å². The Hall–Kier alpha value is -2.11. The summed E-state index contributed by atoms with van der Waals surface area (Å²) in [7, 11) is 0. The highest BCUT2D eigenvalue weighted by Crippen LogP contribution is 2.18. The van der Waals surface area contributed by atoms with E-state index in [2.05, 4.69) is 5.32 Å². The van der Waals surface area contributed by atoms with E-state index >= 15 is 0 Å². The number of carboxylic acid groups (broad SMARTS) is 1. The van der Waals surface area contributed by atoms with Gasteiger partial charge in [0, 0.05) is 6.54 Å². The Morgan fingerprint density at radius 1 is 1.32 bits per heavy atom. The van der Waals surface area contributed by atoms with Gasteiger partial charge in [-0.1, -0.05) is 32.4 Å². The molecule has 5 nitrogen and oxygen atoms in total. The summed E-state index contributed by atoms with van der Waals surface area (Å²) in [5, 5.41) is 11.6. The second-order valence-corrected chi connectivity index (χ2v) is 5.01. The summed E-state index contributed by atoms with van der Waals surface area (Å²) >= 11 is 0. The van der Waals surface area contributed by atoms with E-state index in [1.54, 1.807) is 13.0 Å². The van der Waals surface area contributed by atoms with E-state index in [4.69, 9.17) is 9.84 Å². The molecule has 22 heavy (non-hydrogen) atoms. The molecule has 122 valence electrons. The number of hydrogen-bond acceptors (Lipinski definition) is 3. The molecule has 1 aromatic carbocycles. The number of aliphatic carboxylic acids is 1. The lowest BCUT2D eigenvalue weighted by Crippen LogP contribution is -2.41. The van der Waals surface area contributed by atoms with E-state index in [9.17, 15) is 14.0 Å². The zero-order chi connectivity index (χ0) is 16.5. The molecule has 0 aliphatic carbocycles. The molecule has 1 rings (SSSR count). The van der Waals surface area contributed by atoms with Crippen LogP contribution in [0.4, 0.5) is 4.39 Å². The van der Waals surface area contributed by atoms with Crippen LogP contribution in [-0.4, -0.2) is 29.6 Å². The summed E-state index contributed by atoms with van der Waals surface area (Å²) in [5.74, 6) is -2.53. The first-order valence-electron chi connectivity index (χ1n) is 7.41. The minimum absolute atomic E-state index is 0.00726. The number of rotatable bonds is 9. The summed E-state index contributed by atoms with van der Waals surface area (Å²) in [6.07, 6.45) is 0.704. The highest BCUT2D eigenvalue weighted by molar-refractivity contribution is 5.81. The molecule has 0 bridgehead atoms. The van der Waals surface area contributed by atoms with Gasteiger partial charge in [0.2, 0.25) is 0 Å². The molecule has 2 N–H and O–H groups in total. The van der Waals surface area contributed by atoms with Crippen LogP contribution < -0.4 is 10.1 Å². The zero-order valence-electron chi connectivity index (χ0n) is 12.8. The van der Waals surface area contributed by atoms with Crippen LogP contribution in [0, 0.1) is 11.7 Å². The highest BCUT2D eigenvalue weighted by Gasteiger charge is 2.22. The number of halogens is 1. The van der Waals surface area contributed by atoms with Crippen LogP contribution in [0.15, 0.2) is 24.3 Å². The van der Waals surface area contributed by atoms with Crippen LogP contribution in [0.2, 0.25) is 0 Å². The van der Waals surface area contributed by atoms with Crippen molar-refractivity contribution in [2.45, 2.75) is 39.2 Å². The third-order valence-corrected chi connectivity index (χ3v) is 3.28. The van der Waals surface area contributed by atoms with Crippen molar-refractivity contribution < 1.29 is 23.8 Å². The van der Waals surface area contributed by atoms with Gasteiger partial charge < -0.3 is 15.2 Å². The SMILES string of the molecule is CCCC(CNC(=O)C(CC)Oc1ccccc1F)C(=O)O. The molecular weight excluding hydrogens is 289 g/mol. The van der Waals surface area contributed by atoms with Gasteiger partial charge in [0.25, 0.3) is 5.91 Å². The zero-order valence-corrected chi connectivity index (χ0v) is 12.8. The first-order valence-corrected chi connectivity index (χ1v) is 7.41. The molecule has 0 aliphatic heterocycles. The summed E-state index contributed by atoms with van der Waals surface area (Å²) in [4.78, 5) is 23.1. The number of carboxylic acids is 1. The van der Waals surface area contributed by atoms with Crippen LogP contribution in [-0.2, 0) is 9.59 Å². The molecule has 0 saturated carbocycles. The monoisotopic (exact) mass is 311 g/mol. The van der Waals surface area contributed by atoms with Gasteiger partial charge in [0.15, 0.2) is 17.7 Å². The van der Waals surface area contributed by atoms with Gasteiger partial charge >= 0.3 is 5.97 Å². The number of hydrogen-bond donors (Lipinski definition) is 2. The van der Waals surface area contributed by atoms with Gasteiger partial charge in [-0.15, -0.1) is 0 Å². The van der Waals surface area contributed by atoms with Gasteiger partial charge in [-0.05, 0) is 25.0 Å². The van der Waals surface area contributed by atoms with Gasteiger partial charge in [-0.2, -0.15) is 0 Å². The van der Waals surface area contributed by atoms with Gasteiger partial charge in [-0.25, -0.2) is 4.39 Å². The molecule has 0 radical (unpaired) electrons. The lowest BCUT2D eigenvalue weighted by molar-refractivity contribution is -0.142. The van der Waals surface area contributed by atoms with Crippen molar-refractivity contribution in [3.8, 4) is 5.75 Å². The molecule has 1 aromatic rings. The standard InChI is InChI=1S/C16H22FNO4/c1-3-7-11(16(20)21)10-18-15(19)13(4-2)22-14-9-6-5-8-12(14)17/h5-6,8-9,11,13H,3-4,7,10H2,1-2H3,(H,18,19)(H,20,21). The molecule has 0 spiro atoms. The Labute approximate surface area is 129 Å². The number of para-hydroxylation sites is 1. The number of nitrogens with one attached hydrogen (secondary N) is 1. The minimum Gasteiger partial charge on any atom is -0.481 e. The lowest BCUT2D eigenvalue weighted by atomic mass is 10.0. The maximum absolute atomic E-state index is 13.5. The van der Waals surface area contributed by atoms with Crippen molar-refractivity contribution in [2.75, 3.05) is 6.54 Å². The number of carbonyl (C=O) groups is 2. The minimum atomic E-state index is -0.940. The smallest absolute Gasteiger partial charge is 0.308 e. The third-order valence-electron chi connectivity index (χ3n) is 3.28. The fourth-order valence-electron chi connectivity index (χ4n) is 2.01. The van der Waals surface area contributed by atoms with Crippen LogP contribution in [0.3, 0.4) is 0 Å². The molecule has 6 heteroatoms. The Bertz CT molecular complexity index is 507. The second-order valence-electron chi connectivity index (χ2n) is 5.01. The molecule has 0 fully saturated rings. The normalized spacial score (nSPS) is 13.2. The predicted octanol–water partition coefficient (Wildman–Crippen LogP) is 2.60. The molecule has 0 aliphatic rings. The summed E-state index contributed by atoms with van der Waals surface area (Å²) in [5.41, 5.74) is 0. The Kier molecular flexibility index (Phi) is 7.36. The van der Waals surface area contributed by atoms with Crippen molar-refractivity contribution in [1.82, 2.24) is 5.32 Å². The largest absolute Gasteiger partial charge is 0.481 e. The second kappa shape index (κ2) is 9.02. The quantitative estimate of drug-likeness (QED) is 0.735. The Morgan fingerprint density at radius 2 is 2.00 bits per heavy atom. The van der Waals surface area contributed by atoms with Crippen molar-refractivity contribution in [2.24, 2.45) is 5.92 Å². The molecular formula is C16H22FNO4. The Morgan fingerprint density at radius 3 is 2.55 bits per heavy atom. The van der Waals surface area contributed by atoms with Crippen molar-refractivity contribution in [3.05, 3.63) is 30.1 Å². The summed E-state index contributed by atoms with van der Waals surface area (Å²) in [6.45, 7) is 3.67. The molecule has 0 aromatic heterocycles. The topological polar surface area (TPSA) is 75.6 Å². The van der Waals surface area contributed by atoms with Crippen molar-refractivity contribution >= 4 is 11.9 Å². The summed E-state index contributed by atoms with van der Waals surface area (Å²) in [6, 6.07) is 5.85. The van der Waals surface area contributed by atoms with E-state index in [1.807, 2.05) is 6.92 Å². The molecule has 2 atom stereocenters. The molecule has 1 amide bonds. The van der Waals surface area contributed by atoms with Crippen LogP contribution in [0.1, 0.15) is 33.1 Å². The van der Waals surface area contributed by atoms with E-state index in [0.29, 0.717) is 12.8 Å². The number of carbonyl (C=O) groups excluding carboxylic acids is 1. The number of ether oxygens (including phenoxy) is 1. The average Bonchev–Trinajstić information content (AvgIpc) is 2.50. The maximum Gasteiger partial charge on any atom is 0.308 e. The van der Waals surface area contributed by atoms with Gasteiger partial charge in [0.1, 0.15) is 0 Å². The van der Waals surface area contributed by atoms with E-state index in [-0.39, 0.29) is 12.3 Å². The Balaban J connectivity index is 2.61. The van der Waals surface area contributed by atoms with E-state index in [1.165, 1.54) is 18.2 Å². The van der Waals surface area contributed by atoms with Crippen LogP contribution in [0.5, 0.6) is 5.75 Å². The summed E-state index contributed by atoms with van der Waals surface area (Å²) < 4.78 is 18.9. The fourth-order valence-corrected chi connectivity index (χ4v) is 2.01. The lowest BCUT2D eigenvalue weighted by Gasteiger charge is -2.19. The van der Waals surface area contributed by atoms with Gasteiger partial charge in [0.05, 0.1) is 5.92 Å². The first kappa shape index (κ1) is 17.9.